The van der Waals surface area contributed by atoms with Crippen molar-refractivity contribution in [1.82, 2.24) is 0 Å². The molecule has 0 aliphatic heterocycles. The Labute approximate surface area is 101 Å². The first kappa shape index (κ1) is 11.8. The van der Waals surface area contributed by atoms with Gasteiger partial charge >= 0.3 is 5.97 Å². The Bertz CT molecular complexity index is 433. The van der Waals surface area contributed by atoms with Crippen LogP contribution in [0.2, 0.25) is 0 Å². The molecule has 1 aliphatic rings. The number of esters is 1. The number of aryl methyl sites for hydroxylation is 1. The molecule has 0 aromatic heterocycles. The van der Waals surface area contributed by atoms with Gasteiger partial charge in [0.25, 0.3) is 0 Å². The summed E-state index contributed by atoms with van der Waals surface area (Å²) >= 11 is 0. The predicted octanol–water partition coefficient (Wildman–Crippen LogP) is 2.24. The van der Waals surface area contributed by atoms with Gasteiger partial charge in [0.1, 0.15) is 0 Å². The van der Waals surface area contributed by atoms with Crippen LogP contribution < -0.4 is 0 Å². The Morgan fingerprint density at radius 3 is 2.41 bits per heavy atom. The minimum Gasteiger partial charge on any atom is -0.469 e. The molecule has 1 aliphatic carbocycles. The molecule has 0 saturated heterocycles. The van der Waals surface area contributed by atoms with Gasteiger partial charge in [-0.1, -0.05) is 31.2 Å². The van der Waals surface area contributed by atoms with Crippen LogP contribution in [-0.4, -0.2) is 18.9 Å². The molecule has 0 spiro atoms. The Morgan fingerprint density at radius 2 is 1.88 bits per heavy atom. The smallest absolute Gasteiger partial charge is 0.309 e. The molecule has 17 heavy (non-hydrogen) atoms. The molecule has 0 bridgehead atoms. The highest BCUT2D eigenvalue weighted by molar-refractivity contribution is 6.02. The van der Waals surface area contributed by atoms with E-state index in [9.17, 15) is 9.59 Å². The topological polar surface area (TPSA) is 43.4 Å². The molecule has 1 aromatic carbocycles. The normalized spacial score (nSPS) is 22.0. The number of rotatable bonds is 4. The molecule has 90 valence electrons. The van der Waals surface area contributed by atoms with E-state index in [-0.39, 0.29) is 23.6 Å². The number of Topliss-reactive ketones (excluding diaryl/α,β-unsaturated/α-hetero) is 1. The van der Waals surface area contributed by atoms with E-state index in [4.69, 9.17) is 0 Å². The van der Waals surface area contributed by atoms with Crippen LogP contribution in [0, 0.1) is 11.8 Å². The fourth-order valence-electron chi connectivity index (χ4n) is 2.02. The van der Waals surface area contributed by atoms with E-state index in [0.717, 1.165) is 6.42 Å². The van der Waals surface area contributed by atoms with Gasteiger partial charge in [0, 0.05) is 11.5 Å². The zero-order valence-electron chi connectivity index (χ0n) is 10.1. The Hall–Kier alpha value is -1.64. The number of carbonyl (C=O) groups is 2. The average molecular weight is 232 g/mol. The minimum atomic E-state index is -0.270. The third kappa shape index (κ3) is 2.38. The standard InChI is InChI=1S/C14H16O3/c1-3-9-4-6-10(7-5-9)13(15)11-8-12(11)14(16)17-2/h4-7,11-12H,3,8H2,1-2H3/t11-,12-/m1/s1. The zero-order chi connectivity index (χ0) is 12.4. The summed E-state index contributed by atoms with van der Waals surface area (Å²) in [5, 5.41) is 0. The second kappa shape index (κ2) is 4.70. The van der Waals surface area contributed by atoms with E-state index in [1.54, 1.807) is 0 Å². The lowest BCUT2D eigenvalue weighted by Gasteiger charge is -2.01. The van der Waals surface area contributed by atoms with Gasteiger partial charge in [-0.3, -0.25) is 9.59 Å². The molecule has 0 heterocycles. The third-order valence-corrected chi connectivity index (χ3v) is 3.28. The first-order valence-corrected chi connectivity index (χ1v) is 5.88. The van der Waals surface area contributed by atoms with Crippen LogP contribution in [0.5, 0.6) is 0 Å². The van der Waals surface area contributed by atoms with E-state index >= 15 is 0 Å². The second-order valence-corrected chi connectivity index (χ2v) is 4.39. The van der Waals surface area contributed by atoms with Crippen LogP contribution in [-0.2, 0) is 16.0 Å². The summed E-state index contributed by atoms with van der Waals surface area (Å²) in [7, 11) is 1.36. The molecule has 0 N–H and O–H groups in total. The lowest BCUT2D eigenvalue weighted by molar-refractivity contribution is -0.142. The Kier molecular flexibility index (Phi) is 3.27. The first-order valence-electron chi connectivity index (χ1n) is 5.88. The largest absolute Gasteiger partial charge is 0.469 e. The highest BCUT2D eigenvalue weighted by atomic mass is 16.5. The molecule has 0 unspecified atom stereocenters. The fraction of sp³-hybridized carbons (Fsp3) is 0.429. The van der Waals surface area contributed by atoms with E-state index < -0.39 is 0 Å². The maximum atomic E-state index is 12.0. The third-order valence-electron chi connectivity index (χ3n) is 3.28. The van der Waals surface area contributed by atoms with E-state index in [0.29, 0.717) is 12.0 Å². The molecule has 0 radical (unpaired) electrons. The van der Waals surface area contributed by atoms with E-state index in [2.05, 4.69) is 11.7 Å². The Morgan fingerprint density at radius 1 is 1.24 bits per heavy atom. The summed E-state index contributed by atoms with van der Waals surface area (Å²) in [6.45, 7) is 2.07. The number of hydrogen-bond acceptors (Lipinski definition) is 3. The van der Waals surface area contributed by atoms with Gasteiger partial charge in [0.15, 0.2) is 5.78 Å². The molecule has 3 heteroatoms. The monoisotopic (exact) mass is 232 g/mol. The van der Waals surface area contributed by atoms with E-state index in [1.807, 2.05) is 24.3 Å². The molecule has 2 atom stereocenters. The van der Waals surface area contributed by atoms with Crippen LogP contribution >= 0.6 is 0 Å². The lowest BCUT2D eigenvalue weighted by atomic mass is 10.0. The number of methoxy groups -OCH3 is 1. The van der Waals surface area contributed by atoms with Gasteiger partial charge < -0.3 is 4.74 Å². The maximum Gasteiger partial charge on any atom is 0.309 e. The zero-order valence-corrected chi connectivity index (χ0v) is 10.1. The van der Waals surface area contributed by atoms with Crippen LogP contribution in [0.4, 0.5) is 0 Å². The molecule has 1 saturated carbocycles. The summed E-state index contributed by atoms with van der Waals surface area (Å²) in [5.74, 6) is -0.607. The maximum absolute atomic E-state index is 12.0. The van der Waals surface area contributed by atoms with Gasteiger partial charge in [-0.05, 0) is 18.4 Å². The summed E-state index contributed by atoms with van der Waals surface area (Å²) in [6, 6.07) is 7.60. The van der Waals surface area contributed by atoms with Crippen molar-refractivity contribution in [3.63, 3.8) is 0 Å². The van der Waals surface area contributed by atoms with Gasteiger partial charge in [-0.2, -0.15) is 0 Å². The first-order chi connectivity index (χ1) is 8.17. The number of hydrogen-bond donors (Lipinski definition) is 0. The van der Waals surface area contributed by atoms with Crippen molar-refractivity contribution in [2.45, 2.75) is 19.8 Å². The van der Waals surface area contributed by atoms with E-state index in [1.165, 1.54) is 12.7 Å². The lowest BCUT2D eigenvalue weighted by Crippen LogP contribution is -2.10. The number of ether oxygens (including phenoxy) is 1. The van der Waals surface area contributed by atoms with Gasteiger partial charge in [0.05, 0.1) is 13.0 Å². The van der Waals surface area contributed by atoms with Crippen LogP contribution in [0.15, 0.2) is 24.3 Å². The highest BCUT2D eigenvalue weighted by Crippen LogP contribution is 2.41. The average Bonchev–Trinajstić information content (AvgIpc) is 3.17. The highest BCUT2D eigenvalue weighted by Gasteiger charge is 2.48. The van der Waals surface area contributed by atoms with Crippen molar-refractivity contribution in [2.24, 2.45) is 11.8 Å². The second-order valence-electron chi connectivity index (χ2n) is 4.39. The number of ketones is 1. The summed E-state index contributed by atoms with van der Waals surface area (Å²) in [5.41, 5.74) is 1.90. The van der Waals surface area contributed by atoms with Gasteiger partial charge in [0.2, 0.25) is 0 Å². The van der Waals surface area contributed by atoms with Gasteiger partial charge in [-0.15, -0.1) is 0 Å². The fourth-order valence-corrected chi connectivity index (χ4v) is 2.02. The van der Waals surface area contributed by atoms with Gasteiger partial charge in [-0.25, -0.2) is 0 Å². The summed E-state index contributed by atoms with van der Waals surface area (Å²) < 4.78 is 4.64. The van der Waals surface area contributed by atoms with Crippen molar-refractivity contribution in [1.29, 1.82) is 0 Å². The van der Waals surface area contributed by atoms with Crippen molar-refractivity contribution in [3.05, 3.63) is 35.4 Å². The van der Waals surface area contributed by atoms with Crippen molar-refractivity contribution in [2.75, 3.05) is 7.11 Å². The SMILES string of the molecule is CCc1ccc(C(=O)[C@@H]2C[C@H]2C(=O)OC)cc1. The molecular formula is C14H16O3. The van der Waals surface area contributed by atoms with Crippen molar-refractivity contribution in [3.8, 4) is 0 Å². The van der Waals surface area contributed by atoms with Crippen molar-refractivity contribution < 1.29 is 14.3 Å². The molecule has 1 aromatic rings. The molecule has 3 nitrogen and oxygen atoms in total. The number of benzene rings is 1. The number of carbonyl (C=O) groups excluding carboxylic acids is 2. The predicted molar refractivity (Wildman–Crippen MR) is 63.8 cm³/mol. The summed E-state index contributed by atoms with van der Waals surface area (Å²) in [4.78, 5) is 23.3. The molecule has 1 fully saturated rings. The Balaban J connectivity index is 2.04. The molecular weight excluding hydrogens is 216 g/mol. The molecule has 0 amide bonds. The van der Waals surface area contributed by atoms with Crippen LogP contribution in [0.25, 0.3) is 0 Å². The quantitative estimate of drug-likeness (QED) is 0.590. The van der Waals surface area contributed by atoms with Crippen molar-refractivity contribution >= 4 is 11.8 Å². The minimum absolute atomic E-state index is 0.0584. The van der Waals surface area contributed by atoms with Crippen LogP contribution in [0.1, 0.15) is 29.3 Å². The molecule has 2 rings (SSSR count). The van der Waals surface area contributed by atoms with Crippen LogP contribution in [0.3, 0.4) is 0 Å². The summed E-state index contributed by atoms with van der Waals surface area (Å²) in [6.07, 6.45) is 1.59.